The molecule has 1 aromatic carbocycles. The molecule has 6 heteroatoms. The third kappa shape index (κ3) is 1.70. The maximum absolute atomic E-state index is 12.3. The minimum absolute atomic E-state index is 0.219. The van der Waals surface area contributed by atoms with E-state index in [1.54, 1.807) is 45.0 Å². The Balaban J connectivity index is 1.95. The highest BCUT2D eigenvalue weighted by molar-refractivity contribution is 6.03. The second-order valence-electron chi connectivity index (χ2n) is 6.29. The van der Waals surface area contributed by atoms with Crippen LogP contribution in [0, 0.1) is 5.92 Å². The van der Waals surface area contributed by atoms with Crippen LogP contribution in [0.5, 0.6) is 5.75 Å². The number of hydrogen-bond donors (Lipinski definition) is 2. The molecule has 2 N–H and O–H groups in total. The van der Waals surface area contributed by atoms with Crippen LogP contribution < -0.4 is 10.1 Å². The number of ether oxygens (including phenoxy) is 2. The second kappa shape index (κ2) is 4.71. The highest BCUT2D eigenvalue weighted by Gasteiger charge is 2.80. The van der Waals surface area contributed by atoms with Gasteiger partial charge in [-0.3, -0.25) is 4.79 Å². The molecule has 3 rings (SSSR count). The SMILES string of the molecule is CC(C)[C@H](O)C12NC(=O)C(Oc3ccccc3)[C@]1(C)OC2=O. The lowest BCUT2D eigenvalue weighted by atomic mass is 9.69. The lowest BCUT2D eigenvalue weighted by Crippen LogP contribution is -2.80. The van der Waals surface area contributed by atoms with Gasteiger partial charge in [-0.1, -0.05) is 32.0 Å². The number of benzene rings is 1. The van der Waals surface area contributed by atoms with Gasteiger partial charge in [-0.25, -0.2) is 4.79 Å². The first-order valence-corrected chi connectivity index (χ1v) is 7.28. The van der Waals surface area contributed by atoms with E-state index >= 15 is 0 Å². The largest absolute Gasteiger partial charge is 0.476 e. The second-order valence-corrected chi connectivity index (χ2v) is 6.29. The zero-order valence-corrected chi connectivity index (χ0v) is 12.7. The Morgan fingerprint density at radius 2 is 1.91 bits per heavy atom. The average molecular weight is 305 g/mol. The van der Waals surface area contributed by atoms with Crippen LogP contribution in [0.15, 0.2) is 30.3 Å². The summed E-state index contributed by atoms with van der Waals surface area (Å²) in [4.78, 5) is 24.4. The fourth-order valence-corrected chi connectivity index (χ4v) is 3.24. The van der Waals surface area contributed by atoms with Gasteiger partial charge < -0.3 is 19.9 Å². The van der Waals surface area contributed by atoms with Crippen LogP contribution in [0.25, 0.3) is 0 Å². The molecule has 6 nitrogen and oxygen atoms in total. The maximum Gasteiger partial charge on any atom is 0.339 e. The molecule has 22 heavy (non-hydrogen) atoms. The van der Waals surface area contributed by atoms with Gasteiger partial charge >= 0.3 is 5.97 Å². The number of carbonyl (C=O) groups excluding carboxylic acids is 2. The lowest BCUT2D eigenvalue weighted by Gasteiger charge is -2.53. The maximum atomic E-state index is 12.3. The summed E-state index contributed by atoms with van der Waals surface area (Å²) in [6.45, 7) is 5.18. The summed E-state index contributed by atoms with van der Waals surface area (Å²) in [7, 11) is 0. The zero-order valence-electron chi connectivity index (χ0n) is 12.7. The number of amides is 1. The molecular weight excluding hydrogens is 286 g/mol. The number of esters is 1. The van der Waals surface area contributed by atoms with E-state index in [1.165, 1.54) is 0 Å². The Kier molecular flexibility index (Phi) is 3.18. The van der Waals surface area contributed by atoms with Crippen molar-refractivity contribution in [2.75, 3.05) is 0 Å². The summed E-state index contributed by atoms with van der Waals surface area (Å²) in [5.74, 6) is -0.801. The fraction of sp³-hybridized carbons (Fsp3) is 0.500. The number of hydrogen-bond acceptors (Lipinski definition) is 5. The van der Waals surface area contributed by atoms with Crippen molar-refractivity contribution in [3.63, 3.8) is 0 Å². The molecule has 0 saturated carbocycles. The Morgan fingerprint density at radius 3 is 2.45 bits per heavy atom. The van der Waals surface area contributed by atoms with Gasteiger partial charge in [0.15, 0.2) is 5.60 Å². The predicted molar refractivity (Wildman–Crippen MR) is 77.1 cm³/mol. The molecule has 0 aliphatic carbocycles. The third-order valence-corrected chi connectivity index (χ3v) is 4.54. The van der Waals surface area contributed by atoms with Gasteiger partial charge in [-0.2, -0.15) is 0 Å². The van der Waals surface area contributed by atoms with E-state index < -0.39 is 35.2 Å². The van der Waals surface area contributed by atoms with Gasteiger partial charge in [-0.05, 0) is 25.0 Å². The van der Waals surface area contributed by atoms with E-state index in [9.17, 15) is 14.7 Å². The van der Waals surface area contributed by atoms with E-state index in [2.05, 4.69) is 5.32 Å². The zero-order chi connectivity index (χ0) is 16.1. The number of fused-ring (bicyclic) bond motifs is 1. The van der Waals surface area contributed by atoms with Crippen LogP contribution in [0.2, 0.25) is 0 Å². The molecule has 2 heterocycles. The first kappa shape index (κ1) is 14.8. The van der Waals surface area contributed by atoms with Crippen LogP contribution >= 0.6 is 0 Å². The molecule has 118 valence electrons. The molecule has 2 aliphatic heterocycles. The standard InChI is InChI=1S/C16H19NO5/c1-9(2)11(18)16-14(20)22-15(16,3)12(13(19)17-16)21-10-7-5-4-6-8-10/h4-9,11-12,18H,1-3H3,(H,17,19)/t11-,12?,15-,16?/m0/s1. The van der Waals surface area contributed by atoms with E-state index in [1.807, 2.05) is 6.07 Å². The van der Waals surface area contributed by atoms with Crippen molar-refractivity contribution in [3.05, 3.63) is 30.3 Å². The predicted octanol–water partition coefficient (Wildman–Crippen LogP) is 0.635. The molecule has 1 aromatic rings. The third-order valence-electron chi connectivity index (χ3n) is 4.54. The molecule has 2 saturated heterocycles. The van der Waals surface area contributed by atoms with Crippen LogP contribution in [-0.4, -0.2) is 40.3 Å². The van der Waals surface area contributed by atoms with Crippen molar-refractivity contribution >= 4 is 11.9 Å². The van der Waals surface area contributed by atoms with Crippen LogP contribution in [0.4, 0.5) is 0 Å². The van der Waals surface area contributed by atoms with Crippen molar-refractivity contribution in [2.24, 2.45) is 5.92 Å². The van der Waals surface area contributed by atoms with E-state index in [4.69, 9.17) is 9.47 Å². The highest BCUT2D eigenvalue weighted by atomic mass is 16.6. The van der Waals surface area contributed by atoms with Gasteiger partial charge in [-0.15, -0.1) is 0 Å². The molecule has 0 spiro atoms. The van der Waals surface area contributed by atoms with Crippen molar-refractivity contribution in [1.29, 1.82) is 0 Å². The molecule has 2 fully saturated rings. The molecule has 1 amide bonds. The summed E-state index contributed by atoms with van der Waals surface area (Å²) in [5, 5.41) is 13.1. The van der Waals surface area contributed by atoms with Crippen molar-refractivity contribution in [1.82, 2.24) is 5.32 Å². The number of aliphatic hydroxyl groups is 1. The topological polar surface area (TPSA) is 84.9 Å². The number of para-hydroxylation sites is 1. The molecule has 2 unspecified atom stereocenters. The van der Waals surface area contributed by atoms with Gasteiger partial charge in [0.2, 0.25) is 11.6 Å². The highest BCUT2D eigenvalue weighted by Crippen LogP contribution is 2.49. The molecule has 0 aromatic heterocycles. The molecular formula is C16H19NO5. The van der Waals surface area contributed by atoms with Gasteiger partial charge in [0.1, 0.15) is 5.75 Å². The number of carbonyl (C=O) groups is 2. The molecule has 2 aliphatic rings. The van der Waals surface area contributed by atoms with Crippen molar-refractivity contribution < 1.29 is 24.2 Å². The molecule has 0 bridgehead atoms. The monoisotopic (exact) mass is 305 g/mol. The Hall–Kier alpha value is -2.08. The summed E-state index contributed by atoms with van der Waals surface area (Å²) in [6, 6.07) is 8.84. The normalized spacial score (nSPS) is 34.5. The first-order valence-electron chi connectivity index (χ1n) is 7.28. The van der Waals surface area contributed by atoms with Crippen molar-refractivity contribution in [2.45, 2.75) is 44.1 Å². The molecule has 0 radical (unpaired) electrons. The number of nitrogens with one attached hydrogen (secondary N) is 1. The first-order chi connectivity index (χ1) is 10.3. The number of aliphatic hydroxyl groups excluding tert-OH is 1. The minimum atomic E-state index is -1.45. The Labute approximate surface area is 128 Å². The van der Waals surface area contributed by atoms with E-state index in [0.29, 0.717) is 5.75 Å². The van der Waals surface area contributed by atoms with Gasteiger partial charge in [0, 0.05) is 0 Å². The smallest absolute Gasteiger partial charge is 0.339 e. The van der Waals surface area contributed by atoms with Gasteiger partial charge in [0.25, 0.3) is 5.91 Å². The summed E-state index contributed by atoms with van der Waals surface area (Å²) in [6.07, 6.45) is -2.05. The summed E-state index contributed by atoms with van der Waals surface area (Å²) < 4.78 is 11.0. The fourth-order valence-electron chi connectivity index (χ4n) is 3.24. The summed E-state index contributed by atoms with van der Waals surface area (Å²) >= 11 is 0. The van der Waals surface area contributed by atoms with Crippen LogP contribution in [0.1, 0.15) is 20.8 Å². The van der Waals surface area contributed by atoms with Crippen LogP contribution in [-0.2, 0) is 14.3 Å². The van der Waals surface area contributed by atoms with Gasteiger partial charge in [0.05, 0.1) is 6.10 Å². The summed E-state index contributed by atoms with van der Waals surface area (Å²) in [5.41, 5.74) is -2.68. The van der Waals surface area contributed by atoms with E-state index in [-0.39, 0.29) is 5.92 Å². The van der Waals surface area contributed by atoms with Crippen LogP contribution in [0.3, 0.4) is 0 Å². The minimum Gasteiger partial charge on any atom is -0.476 e. The molecule has 4 atom stereocenters. The lowest BCUT2D eigenvalue weighted by molar-refractivity contribution is -0.242. The quantitative estimate of drug-likeness (QED) is 0.797. The Bertz CT molecular complexity index is 616. The van der Waals surface area contributed by atoms with E-state index in [0.717, 1.165) is 0 Å². The number of rotatable bonds is 4. The van der Waals surface area contributed by atoms with Crippen molar-refractivity contribution in [3.8, 4) is 5.75 Å². The average Bonchev–Trinajstić information content (AvgIpc) is 2.65. The Morgan fingerprint density at radius 1 is 1.27 bits per heavy atom.